The summed E-state index contributed by atoms with van der Waals surface area (Å²) in [4.78, 5) is 11.4. The fourth-order valence-electron chi connectivity index (χ4n) is 1.20. The lowest BCUT2D eigenvalue weighted by Crippen LogP contribution is -2.34. The van der Waals surface area contributed by atoms with Crippen LogP contribution in [0.1, 0.15) is 31.2 Å². The molecule has 0 spiro atoms. The van der Waals surface area contributed by atoms with E-state index in [0.29, 0.717) is 4.88 Å². The molecule has 17 heavy (non-hydrogen) atoms. The molecule has 1 heterocycles. The van der Waals surface area contributed by atoms with Crippen molar-refractivity contribution in [3.8, 4) is 0 Å². The van der Waals surface area contributed by atoms with Crippen LogP contribution in [0.3, 0.4) is 0 Å². The number of rotatable bonds is 6. The standard InChI is InChI=1S/C10H15NO4S2/c1-7(2)17(14,15)11-8(6-10(12)13)9-4-3-5-16-9/h3-5,7-8,11H,6H2,1-2H3,(H,12,13). The third-order valence-electron chi connectivity index (χ3n) is 2.19. The molecule has 0 fully saturated rings. The summed E-state index contributed by atoms with van der Waals surface area (Å²) in [5.74, 6) is -1.03. The first kappa shape index (κ1) is 14.1. The van der Waals surface area contributed by atoms with Crippen LogP contribution in [0.25, 0.3) is 0 Å². The lowest BCUT2D eigenvalue weighted by Gasteiger charge is -2.17. The van der Waals surface area contributed by atoms with E-state index < -0.39 is 27.3 Å². The molecule has 0 saturated carbocycles. The lowest BCUT2D eigenvalue weighted by atomic mass is 10.2. The zero-order valence-electron chi connectivity index (χ0n) is 9.58. The molecule has 0 aliphatic heterocycles. The highest BCUT2D eigenvalue weighted by Crippen LogP contribution is 2.23. The molecule has 0 aliphatic rings. The van der Waals surface area contributed by atoms with Crippen LogP contribution >= 0.6 is 11.3 Å². The molecule has 1 atom stereocenters. The fourth-order valence-corrected chi connectivity index (χ4v) is 2.93. The highest BCUT2D eigenvalue weighted by Gasteiger charge is 2.24. The minimum Gasteiger partial charge on any atom is -0.481 e. The molecule has 0 radical (unpaired) electrons. The van der Waals surface area contributed by atoms with E-state index in [9.17, 15) is 13.2 Å². The number of carboxylic acids is 1. The molecule has 5 nitrogen and oxygen atoms in total. The molecule has 0 bridgehead atoms. The zero-order valence-corrected chi connectivity index (χ0v) is 11.2. The maximum absolute atomic E-state index is 11.7. The number of aliphatic carboxylic acids is 1. The van der Waals surface area contributed by atoms with E-state index in [4.69, 9.17) is 5.11 Å². The van der Waals surface area contributed by atoms with Crippen molar-refractivity contribution in [2.24, 2.45) is 0 Å². The van der Waals surface area contributed by atoms with Gasteiger partial charge in [-0.25, -0.2) is 13.1 Å². The van der Waals surface area contributed by atoms with Gasteiger partial charge in [0.05, 0.1) is 17.7 Å². The zero-order chi connectivity index (χ0) is 13.1. The van der Waals surface area contributed by atoms with E-state index in [1.807, 2.05) is 0 Å². The van der Waals surface area contributed by atoms with Gasteiger partial charge in [-0.3, -0.25) is 4.79 Å². The van der Waals surface area contributed by atoms with E-state index >= 15 is 0 Å². The maximum Gasteiger partial charge on any atom is 0.305 e. The Labute approximate surface area is 105 Å². The second-order valence-electron chi connectivity index (χ2n) is 3.88. The van der Waals surface area contributed by atoms with Crippen LogP contribution in [0.5, 0.6) is 0 Å². The molecule has 0 aliphatic carbocycles. The van der Waals surface area contributed by atoms with Crippen LogP contribution in [0.2, 0.25) is 0 Å². The largest absolute Gasteiger partial charge is 0.481 e. The smallest absolute Gasteiger partial charge is 0.305 e. The SMILES string of the molecule is CC(C)S(=O)(=O)NC(CC(=O)O)c1cccs1. The maximum atomic E-state index is 11.7. The predicted molar refractivity (Wildman–Crippen MR) is 66.5 cm³/mol. The number of hydrogen-bond acceptors (Lipinski definition) is 4. The average molecular weight is 277 g/mol. The quantitative estimate of drug-likeness (QED) is 0.827. The molecular weight excluding hydrogens is 262 g/mol. The summed E-state index contributed by atoms with van der Waals surface area (Å²) < 4.78 is 25.9. The third kappa shape index (κ3) is 4.10. The van der Waals surface area contributed by atoms with Crippen LogP contribution < -0.4 is 4.72 Å². The van der Waals surface area contributed by atoms with E-state index in [2.05, 4.69) is 4.72 Å². The van der Waals surface area contributed by atoms with Gasteiger partial charge >= 0.3 is 5.97 Å². The van der Waals surface area contributed by atoms with Crippen LogP contribution in [0, 0.1) is 0 Å². The second-order valence-corrected chi connectivity index (χ2v) is 7.13. The third-order valence-corrected chi connectivity index (χ3v) is 5.03. The Morgan fingerprint density at radius 3 is 2.59 bits per heavy atom. The highest BCUT2D eigenvalue weighted by molar-refractivity contribution is 7.90. The first-order chi connectivity index (χ1) is 7.83. The summed E-state index contributed by atoms with van der Waals surface area (Å²) in [5.41, 5.74) is 0. The van der Waals surface area contributed by atoms with Crippen LogP contribution in [0.15, 0.2) is 17.5 Å². The second kappa shape index (κ2) is 5.61. The van der Waals surface area contributed by atoms with Crippen LogP contribution in [-0.4, -0.2) is 24.7 Å². The van der Waals surface area contributed by atoms with Gasteiger partial charge in [-0.2, -0.15) is 0 Å². The summed E-state index contributed by atoms with van der Waals surface area (Å²) in [6.45, 7) is 3.10. The predicted octanol–water partition coefficient (Wildman–Crippen LogP) is 1.59. The van der Waals surface area contributed by atoms with Gasteiger partial charge in [0.2, 0.25) is 10.0 Å². The molecule has 2 N–H and O–H groups in total. The molecule has 7 heteroatoms. The van der Waals surface area contributed by atoms with Crippen LogP contribution in [0.4, 0.5) is 0 Å². The van der Waals surface area contributed by atoms with E-state index in [0.717, 1.165) is 0 Å². The van der Waals surface area contributed by atoms with Crippen LogP contribution in [-0.2, 0) is 14.8 Å². The Balaban J connectivity index is 2.90. The summed E-state index contributed by atoms with van der Waals surface area (Å²) in [5, 5.41) is 9.99. The average Bonchev–Trinajstić information content (AvgIpc) is 2.67. The van der Waals surface area contributed by atoms with Crippen molar-refractivity contribution < 1.29 is 18.3 Å². The van der Waals surface area contributed by atoms with Crippen molar-refractivity contribution in [1.82, 2.24) is 4.72 Å². The lowest BCUT2D eigenvalue weighted by molar-refractivity contribution is -0.137. The molecule has 96 valence electrons. The van der Waals surface area contributed by atoms with E-state index in [-0.39, 0.29) is 6.42 Å². The minimum atomic E-state index is -3.48. The number of thiophene rings is 1. The van der Waals surface area contributed by atoms with Crippen molar-refractivity contribution in [3.63, 3.8) is 0 Å². The Bertz CT molecular complexity index is 465. The van der Waals surface area contributed by atoms with Crippen molar-refractivity contribution in [1.29, 1.82) is 0 Å². The van der Waals surface area contributed by atoms with E-state index in [1.165, 1.54) is 11.3 Å². The summed E-state index contributed by atoms with van der Waals surface area (Å²) in [6, 6.07) is 2.79. The highest BCUT2D eigenvalue weighted by atomic mass is 32.2. The van der Waals surface area contributed by atoms with Gasteiger partial charge in [0, 0.05) is 4.88 Å². The van der Waals surface area contributed by atoms with Gasteiger partial charge in [-0.15, -0.1) is 11.3 Å². The van der Waals surface area contributed by atoms with Gasteiger partial charge in [0.25, 0.3) is 0 Å². The van der Waals surface area contributed by atoms with Gasteiger partial charge in [0.15, 0.2) is 0 Å². The Morgan fingerprint density at radius 1 is 1.53 bits per heavy atom. The van der Waals surface area contributed by atoms with Crippen molar-refractivity contribution in [3.05, 3.63) is 22.4 Å². The summed E-state index contributed by atoms with van der Waals surface area (Å²) in [6.07, 6.45) is -0.257. The molecule has 1 aromatic rings. The normalized spacial score (nSPS) is 13.8. The molecule has 1 rings (SSSR count). The Hall–Kier alpha value is -0.920. The van der Waals surface area contributed by atoms with Gasteiger partial charge in [-0.1, -0.05) is 6.07 Å². The molecule has 0 saturated heterocycles. The number of carboxylic acid groups (broad SMARTS) is 1. The number of carbonyl (C=O) groups is 1. The topological polar surface area (TPSA) is 83.5 Å². The van der Waals surface area contributed by atoms with Gasteiger partial charge in [-0.05, 0) is 25.3 Å². The number of nitrogens with one attached hydrogen (secondary N) is 1. The number of hydrogen-bond donors (Lipinski definition) is 2. The van der Waals surface area contributed by atoms with Gasteiger partial charge in [0.1, 0.15) is 0 Å². The number of sulfonamides is 1. The summed E-state index contributed by atoms with van der Waals surface area (Å²) >= 11 is 1.34. The Morgan fingerprint density at radius 2 is 2.18 bits per heavy atom. The molecular formula is C10H15NO4S2. The van der Waals surface area contributed by atoms with Crippen molar-refractivity contribution in [2.75, 3.05) is 0 Å². The summed E-state index contributed by atoms with van der Waals surface area (Å²) in [7, 11) is -3.48. The Kier molecular flexibility index (Phi) is 4.67. The first-order valence-electron chi connectivity index (χ1n) is 5.09. The first-order valence-corrected chi connectivity index (χ1v) is 7.52. The van der Waals surface area contributed by atoms with E-state index in [1.54, 1.807) is 31.4 Å². The molecule has 0 amide bonds. The van der Waals surface area contributed by atoms with Gasteiger partial charge < -0.3 is 5.11 Å². The molecule has 1 aromatic heterocycles. The molecule has 1 unspecified atom stereocenters. The van der Waals surface area contributed by atoms with Crippen molar-refractivity contribution >= 4 is 27.3 Å². The monoisotopic (exact) mass is 277 g/mol. The van der Waals surface area contributed by atoms with Crippen molar-refractivity contribution in [2.45, 2.75) is 31.6 Å². The fraction of sp³-hybridized carbons (Fsp3) is 0.500. The molecule has 0 aromatic carbocycles. The minimum absolute atomic E-state index is 0.257.